The number of hydrogen-bond donors (Lipinski definition) is 2. The highest BCUT2D eigenvalue weighted by molar-refractivity contribution is 5.59. The van der Waals surface area contributed by atoms with Crippen LogP contribution in [0.15, 0.2) is 35.3 Å². The maximum Gasteiger partial charge on any atom is 0.254 e. The molecule has 0 aliphatic heterocycles. The van der Waals surface area contributed by atoms with Crippen LogP contribution in [0, 0.1) is 6.92 Å². The van der Waals surface area contributed by atoms with E-state index in [9.17, 15) is 4.79 Å². The van der Waals surface area contributed by atoms with Gasteiger partial charge in [-0.1, -0.05) is 24.3 Å². The van der Waals surface area contributed by atoms with Gasteiger partial charge in [0.25, 0.3) is 5.56 Å². The third-order valence-electron chi connectivity index (χ3n) is 2.69. The molecule has 1 heterocycles. The van der Waals surface area contributed by atoms with Gasteiger partial charge in [-0.25, -0.2) is 4.98 Å². The van der Waals surface area contributed by atoms with E-state index in [-0.39, 0.29) is 5.56 Å². The molecule has 1 aromatic carbocycles. The zero-order chi connectivity index (χ0) is 12.3. The van der Waals surface area contributed by atoms with Gasteiger partial charge >= 0.3 is 0 Å². The summed E-state index contributed by atoms with van der Waals surface area (Å²) in [7, 11) is 0. The van der Waals surface area contributed by atoms with Gasteiger partial charge in [0.1, 0.15) is 5.82 Å². The molecule has 0 bridgehead atoms. The van der Waals surface area contributed by atoms with Crippen molar-refractivity contribution < 1.29 is 0 Å². The summed E-state index contributed by atoms with van der Waals surface area (Å²) in [6.07, 6.45) is 2.16. The van der Waals surface area contributed by atoms with Crippen molar-refractivity contribution in [2.45, 2.75) is 13.3 Å². The van der Waals surface area contributed by atoms with Crippen LogP contribution in [0.1, 0.15) is 11.1 Å². The van der Waals surface area contributed by atoms with Crippen LogP contribution >= 0.6 is 0 Å². The van der Waals surface area contributed by atoms with Crippen LogP contribution in [0.5, 0.6) is 0 Å². The third-order valence-corrected chi connectivity index (χ3v) is 2.69. The molecule has 4 heteroatoms. The molecular weight excluding hydrogens is 214 g/mol. The van der Waals surface area contributed by atoms with Crippen molar-refractivity contribution >= 4 is 0 Å². The molecule has 4 nitrogen and oxygen atoms in total. The molecule has 0 unspecified atom stereocenters. The topological polar surface area (TPSA) is 71.8 Å². The number of benzene rings is 1. The Balaban J connectivity index is 2.45. The highest BCUT2D eigenvalue weighted by Crippen LogP contribution is 2.17. The summed E-state index contributed by atoms with van der Waals surface area (Å²) in [6.45, 7) is 2.44. The van der Waals surface area contributed by atoms with Crippen LogP contribution in [-0.2, 0) is 6.42 Å². The molecule has 0 radical (unpaired) electrons. The predicted octanol–water partition coefficient (Wildman–Crippen LogP) is 1.25. The van der Waals surface area contributed by atoms with Crippen LogP contribution in [0.3, 0.4) is 0 Å². The molecule has 0 spiro atoms. The van der Waals surface area contributed by atoms with Gasteiger partial charge in [0.05, 0.1) is 0 Å². The molecule has 0 fully saturated rings. The monoisotopic (exact) mass is 229 g/mol. The van der Waals surface area contributed by atoms with E-state index in [2.05, 4.69) is 9.97 Å². The van der Waals surface area contributed by atoms with E-state index in [0.29, 0.717) is 24.4 Å². The fraction of sp³-hybridized carbons (Fsp3) is 0.231. The highest BCUT2D eigenvalue weighted by atomic mass is 16.1. The first-order valence-electron chi connectivity index (χ1n) is 5.56. The summed E-state index contributed by atoms with van der Waals surface area (Å²) >= 11 is 0. The lowest BCUT2D eigenvalue weighted by Crippen LogP contribution is -2.17. The summed E-state index contributed by atoms with van der Waals surface area (Å²) in [5.41, 5.74) is 7.98. The maximum atomic E-state index is 11.8. The fourth-order valence-corrected chi connectivity index (χ4v) is 1.73. The van der Waals surface area contributed by atoms with Gasteiger partial charge in [-0.3, -0.25) is 4.79 Å². The lowest BCUT2D eigenvalue weighted by atomic mass is 10.1. The molecule has 88 valence electrons. The molecule has 1 aromatic heterocycles. The Bertz CT molecular complexity index is 575. The molecule has 17 heavy (non-hydrogen) atoms. The summed E-state index contributed by atoms with van der Waals surface area (Å²) in [6, 6.07) is 7.81. The molecule has 0 saturated heterocycles. The molecule has 0 aliphatic rings. The number of hydrogen-bond acceptors (Lipinski definition) is 3. The van der Waals surface area contributed by atoms with Crippen molar-refractivity contribution in [2.75, 3.05) is 6.54 Å². The Morgan fingerprint density at radius 3 is 2.76 bits per heavy atom. The summed E-state index contributed by atoms with van der Waals surface area (Å²) < 4.78 is 0. The van der Waals surface area contributed by atoms with Crippen LogP contribution < -0.4 is 11.3 Å². The first-order chi connectivity index (χ1) is 8.22. The number of rotatable bonds is 3. The van der Waals surface area contributed by atoms with Crippen molar-refractivity contribution in [1.82, 2.24) is 9.97 Å². The minimum absolute atomic E-state index is 0.108. The largest absolute Gasteiger partial charge is 0.330 e. The second-order valence-electron chi connectivity index (χ2n) is 3.94. The average Bonchev–Trinajstić information content (AvgIpc) is 2.33. The second-order valence-corrected chi connectivity index (χ2v) is 3.94. The molecule has 2 rings (SSSR count). The highest BCUT2D eigenvalue weighted by Gasteiger charge is 2.05. The Morgan fingerprint density at radius 1 is 1.35 bits per heavy atom. The van der Waals surface area contributed by atoms with Crippen molar-refractivity contribution in [3.05, 3.63) is 51.9 Å². The van der Waals surface area contributed by atoms with Crippen molar-refractivity contribution in [1.29, 1.82) is 0 Å². The van der Waals surface area contributed by atoms with Gasteiger partial charge < -0.3 is 10.7 Å². The quantitative estimate of drug-likeness (QED) is 0.832. The predicted molar refractivity (Wildman–Crippen MR) is 67.8 cm³/mol. The van der Waals surface area contributed by atoms with Crippen molar-refractivity contribution in [3.63, 3.8) is 0 Å². The summed E-state index contributed by atoms with van der Waals surface area (Å²) in [4.78, 5) is 18.8. The minimum atomic E-state index is -0.108. The van der Waals surface area contributed by atoms with Gasteiger partial charge in [0.2, 0.25) is 0 Å². The molecule has 0 aliphatic carbocycles. The van der Waals surface area contributed by atoms with E-state index in [1.165, 1.54) is 0 Å². The SMILES string of the molecule is Cc1ccccc1-c1ncc(CCN)c(=O)[nH]1. The maximum absolute atomic E-state index is 11.8. The number of nitrogens with zero attached hydrogens (tertiary/aromatic N) is 1. The lowest BCUT2D eigenvalue weighted by molar-refractivity contribution is 0.923. The summed E-state index contributed by atoms with van der Waals surface area (Å²) in [5, 5.41) is 0. The number of aromatic nitrogens is 2. The van der Waals surface area contributed by atoms with Gasteiger partial charge in [0, 0.05) is 17.3 Å². The van der Waals surface area contributed by atoms with Crippen molar-refractivity contribution in [2.24, 2.45) is 5.73 Å². The van der Waals surface area contributed by atoms with Crippen LogP contribution in [0.2, 0.25) is 0 Å². The second kappa shape index (κ2) is 4.93. The molecule has 0 amide bonds. The first-order valence-corrected chi connectivity index (χ1v) is 5.56. The van der Waals surface area contributed by atoms with Gasteiger partial charge in [-0.05, 0) is 25.5 Å². The average molecular weight is 229 g/mol. The number of H-pyrrole nitrogens is 1. The molecule has 3 N–H and O–H groups in total. The van der Waals surface area contributed by atoms with E-state index < -0.39 is 0 Å². The number of nitrogens with one attached hydrogen (secondary N) is 1. The standard InChI is InChI=1S/C13H15N3O/c1-9-4-2-3-5-11(9)12-15-8-10(6-7-14)13(17)16-12/h2-5,8H,6-7,14H2,1H3,(H,15,16,17). The number of aromatic amines is 1. The molecule has 0 saturated carbocycles. The van der Waals surface area contributed by atoms with Gasteiger partial charge in [-0.15, -0.1) is 0 Å². The fourth-order valence-electron chi connectivity index (χ4n) is 1.73. The van der Waals surface area contributed by atoms with Gasteiger partial charge in [-0.2, -0.15) is 0 Å². The van der Waals surface area contributed by atoms with E-state index in [4.69, 9.17) is 5.73 Å². The van der Waals surface area contributed by atoms with Crippen molar-refractivity contribution in [3.8, 4) is 11.4 Å². The van der Waals surface area contributed by atoms with Crippen LogP contribution in [-0.4, -0.2) is 16.5 Å². The third kappa shape index (κ3) is 2.42. The van der Waals surface area contributed by atoms with E-state index in [1.54, 1.807) is 6.20 Å². The van der Waals surface area contributed by atoms with Crippen LogP contribution in [0.4, 0.5) is 0 Å². The lowest BCUT2D eigenvalue weighted by Gasteiger charge is -2.05. The molecule has 0 atom stereocenters. The first kappa shape index (κ1) is 11.5. The Labute approximate surface area is 99.5 Å². The zero-order valence-electron chi connectivity index (χ0n) is 9.73. The summed E-state index contributed by atoms with van der Waals surface area (Å²) in [5.74, 6) is 0.605. The smallest absolute Gasteiger partial charge is 0.254 e. The number of nitrogens with two attached hydrogens (primary N) is 1. The van der Waals surface area contributed by atoms with Crippen LogP contribution in [0.25, 0.3) is 11.4 Å². The van der Waals surface area contributed by atoms with E-state index in [0.717, 1.165) is 11.1 Å². The Morgan fingerprint density at radius 2 is 2.12 bits per heavy atom. The number of aryl methyl sites for hydroxylation is 1. The van der Waals surface area contributed by atoms with Gasteiger partial charge in [0.15, 0.2) is 0 Å². The molecular formula is C13H15N3O. The Hall–Kier alpha value is -1.94. The normalized spacial score (nSPS) is 10.5. The Kier molecular flexibility index (Phi) is 3.35. The van der Waals surface area contributed by atoms with E-state index in [1.807, 2.05) is 31.2 Å². The zero-order valence-corrected chi connectivity index (χ0v) is 9.73. The molecule has 2 aromatic rings. The minimum Gasteiger partial charge on any atom is -0.330 e. The van der Waals surface area contributed by atoms with E-state index >= 15 is 0 Å².